The molecule has 0 aliphatic carbocycles. The van der Waals surface area contributed by atoms with Gasteiger partial charge in [0.25, 0.3) is 5.91 Å². The quantitative estimate of drug-likeness (QED) is 0.838. The molecule has 4 nitrogen and oxygen atoms in total. The minimum atomic E-state index is -0.0271. The SMILES string of the molecule is CC(C)NC(=O)c1cccc([C@H]2CCON2)c1. The number of carbonyl (C=O) groups excluding carboxylic acids is 1. The fourth-order valence-corrected chi connectivity index (χ4v) is 1.87. The first kappa shape index (κ1) is 12.1. The van der Waals surface area contributed by atoms with E-state index in [0.29, 0.717) is 12.2 Å². The normalized spacial score (nSPS) is 19.6. The van der Waals surface area contributed by atoms with Crippen molar-refractivity contribution < 1.29 is 9.63 Å². The monoisotopic (exact) mass is 234 g/mol. The molecule has 1 atom stereocenters. The molecule has 1 fully saturated rings. The second-order valence-corrected chi connectivity index (χ2v) is 4.56. The lowest BCUT2D eigenvalue weighted by Gasteiger charge is -2.12. The van der Waals surface area contributed by atoms with Crippen molar-refractivity contribution in [3.05, 3.63) is 35.4 Å². The van der Waals surface area contributed by atoms with Crippen LogP contribution in [0.5, 0.6) is 0 Å². The number of hydroxylamine groups is 1. The summed E-state index contributed by atoms with van der Waals surface area (Å²) in [5.41, 5.74) is 4.74. The molecule has 4 heteroatoms. The molecule has 92 valence electrons. The Bertz CT molecular complexity index is 398. The maximum absolute atomic E-state index is 11.9. The lowest BCUT2D eigenvalue weighted by Crippen LogP contribution is -2.30. The molecule has 17 heavy (non-hydrogen) atoms. The van der Waals surface area contributed by atoms with Crippen LogP contribution in [0.15, 0.2) is 24.3 Å². The average Bonchev–Trinajstić information content (AvgIpc) is 2.82. The van der Waals surface area contributed by atoms with Gasteiger partial charge < -0.3 is 10.2 Å². The van der Waals surface area contributed by atoms with Gasteiger partial charge in [-0.15, -0.1) is 0 Å². The second-order valence-electron chi connectivity index (χ2n) is 4.56. The van der Waals surface area contributed by atoms with Crippen molar-refractivity contribution in [1.82, 2.24) is 10.8 Å². The van der Waals surface area contributed by atoms with Gasteiger partial charge in [-0.1, -0.05) is 12.1 Å². The van der Waals surface area contributed by atoms with E-state index >= 15 is 0 Å². The Morgan fingerprint density at radius 2 is 2.35 bits per heavy atom. The highest BCUT2D eigenvalue weighted by Crippen LogP contribution is 2.21. The minimum absolute atomic E-state index is 0.0271. The highest BCUT2D eigenvalue weighted by Gasteiger charge is 2.18. The van der Waals surface area contributed by atoms with E-state index in [1.54, 1.807) is 0 Å². The number of benzene rings is 1. The lowest BCUT2D eigenvalue weighted by atomic mass is 10.0. The van der Waals surface area contributed by atoms with E-state index in [0.717, 1.165) is 12.0 Å². The first-order valence-electron chi connectivity index (χ1n) is 5.95. The van der Waals surface area contributed by atoms with Crippen LogP contribution in [0, 0.1) is 0 Å². The van der Waals surface area contributed by atoms with Crippen molar-refractivity contribution in [3.8, 4) is 0 Å². The van der Waals surface area contributed by atoms with Crippen molar-refractivity contribution in [2.24, 2.45) is 0 Å². The number of nitrogens with one attached hydrogen (secondary N) is 2. The van der Waals surface area contributed by atoms with Gasteiger partial charge in [-0.3, -0.25) is 4.79 Å². The van der Waals surface area contributed by atoms with E-state index in [2.05, 4.69) is 10.8 Å². The predicted octanol–water partition coefficient (Wildman–Crippen LogP) is 1.79. The molecule has 1 heterocycles. The topological polar surface area (TPSA) is 50.4 Å². The Labute approximate surface area is 101 Å². The van der Waals surface area contributed by atoms with Gasteiger partial charge in [0.15, 0.2) is 0 Å². The number of hydrogen-bond donors (Lipinski definition) is 2. The van der Waals surface area contributed by atoms with Gasteiger partial charge in [-0.05, 0) is 38.0 Å². The molecule has 0 unspecified atom stereocenters. The highest BCUT2D eigenvalue weighted by atomic mass is 16.7. The Morgan fingerprint density at radius 3 is 3.00 bits per heavy atom. The van der Waals surface area contributed by atoms with E-state index in [1.165, 1.54) is 0 Å². The molecular formula is C13H18N2O2. The molecule has 1 aromatic carbocycles. The fourth-order valence-electron chi connectivity index (χ4n) is 1.87. The van der Waals surface area contributed by atoms with Crippen molar-refractivity contribution in [3.63, 3.8) is 0 Å². The van der Waals surface area contributed by atoms with E-state index < -0.39 is 0 Å². The first-order chi connectivity index (χ1) is 8.16. The van der Waals surface area contributed by atoms with Crippen molar-refractivity contribution in [2.75, 3.05) is 6.61 Å². The molecule has 1 aromatic rings. The summed E-state index contributed by atoms with van der Waals surface area (Å²) in [5, 5.41) is 2.89. The number of carbonyl (C=O) groups is 1. The van der Waals surface area contributed by atoms with Crippen molar-refractivity contribution >= 4 is 5.91 Å². The summed E-state index contributed by atoms with van der Waals surface area (Å²) in [7, 11) is 0. The summed E-state index contributed by atoms with van der Waals surface area (Å²) in [6, 6.07) is 8.02. The summed E-state index contributed by atoms with van der Waals surface area (Å²) >= 11 is 0. The Morgan fingerprint density at radius 1 is 1.53 bits per heavy atom. The maximum atomic E-state index is 11.9. The van der Waals surface area contributed by atoms with Crippen LogP contribution in [0.2, 0.25) is 0 Å². The summed E-state index contributed by atoms with van der Waals surface area (Å²) in [6.07, 6.45) is 0.940. The van der Waals surface area contributed by atoms with Gasteiger partial charge in [-0.2, -0.15) is 5.48 Å². The molecule has 0 aromatic heterocycles. The summed E-state index contributed by atoms with van der Waals surface area (Å²) < 4.78 is 0. The molecule has 2 N–H and O–H groups in total. The van der Waals surface area contributed by atoms with Gasteiger partial charge in [0.2, 0.25) is 0 Å². The largest absolute Gasteiger partial charge is 0.350 e. The van der Waals surface area contributed by atoms with Crippen LogP contribution >= 0.6 is 0 Å². The third kappa shape index (κ3) is 3.05. The molecule has 0 radical (unpaired) electrons. The summed E-state index contributed by atoms with van der Waals surface area (Å²) in [5.74, 6) is -0.0271. The number of hydrogen-bond acceptors (Lipinski definition) is 3. The maximum Gasteiger partial charge on any atom is 0.251 e. The van der Waals surface area contributed by atoms with Crippen molar-refractivity contribution in [2.45, 2.75) is 32.4 Å². The van der Waals surface area contributed by atoms with E-state index in [1.807, 2.05) is 38.1 Å². The summed E-state index contributed by atoms with van der Waals surface area (Å²) in [4.78, 5) is 17.0. The van der Waals surface area contributed by atoms with Crippen LogP contribution in [0.4, 0.5) is 0 Å². The lowest BCUT2D eigenvalue weighted by molar-refractivity contribution is 0.0881. The summed E-state index contributed by atoms with van der Waals surface area (Å²) in [6.45, 7) is 4.62. The third-order valence-electron chi connectivity index (χ3n) is 2.71. The Kier molecular flexibility index (Phi) is 3.76. The van der Waals surface area contributed by atoms with Crippen LogP contribution in [0.25, 0.3) is 0 Å². The number of rotatable bonds is 3. The molecule has 0 saturated carbocycles. The molecule has 1 aliphatic rings. The van der Waals surface area contributed by atoms with E-state index in [4.69, 9.17) is 4.84 Å². The number of amides is 1. The van der Waals surface area contributed by atoms with Crippen molar-refractivity contribution in [1.29, 1.82) is 0 Å². The molecule has 0 bridgehead atoms. The second kappa shape index (κ2) is 5.29. The zero-order valence-electron chi connectivity index (χ0n) is 10.2. The Balaban J connectivity index is 2.13. The first-order valence-corrected chi connectivity index (χ1v) is 5.95. The van der Waals surface area contributed by atoms with Gasteiger partial charge in [-0.25, -0.2) is 0 Å². The van der Waals surface area contributed by atoms with Crippen LogP contribution in [-0.2, 0) is 4.84 Å². The third-order valence-corrected chi connectivity index (χ3v) is 2.71. The zero-order chi connectivity index (χ0) is 12.3. The zero-order valence-corrected chi connectivity index (χ0v) is 10.2. The molecule has 2 rings (SSSR count). The molecule has 1 amide bonds. The van der Waals surface area contributed by atoms with Gasteiger partial charge in [0.05, 0.1) is 12.6 Å². The Hall–Kier alpha value is -1.39. The van der Waals surface area contributed by atoms with Crippen LogP contribution < -0.4 is 10.8 Å². The van der Waals surface area contributed by atoms with Gasteiger partial charge in [0, 0.05) is 11.6 Å². The van der Waals surface area contributed by atoms with E-state index in [9.17, 15) is 4.79 Å². The predicted molar refractivity (Wildman–Crippen MR) is 65.5 cm³/mol. The fraction of sp³-hybridized carbons (Fsp3) is 0.462. The molecule has 0 spiro atoms. The minimum Gasteiger partial charge on any atom is -0.350 e. The molecule has 1 saturated heterocycles. The molecule has 1 aliphatic heterocycles. The van der Waals surface area contributed by atoms with Crippen LogP contribution in [0.1, 0.15) is 42.2 Å². The van der Waals surface area contributed by atoms with Crippen LogP contribution in [-0.4, -0.2) is 18.6 Å². The standard InChI is InChI=1S/C13H18N2O2/c1-9(2)14-13(16)11-5-3-4-10(8-11)12-6-7-17-15-12/h3-5,8-9,12,15H,6-7H2,1-2H3,(H,14,16)/t12-/m1/s1. The van der Waals surface area contributed by atoms with Gasteiger partial charge in [0.1, 0.15) is 0 Å². The molecular weight excluding hydrogens is 216 g/mol. The van der Waals surface area contributed by atoms with Crippen LogP contribution in [0.3, 0.4) is 0 Å². The van der Waals surface area contributed by atoms with E-state index in [-0.39, 0.29) is 18.0 Å². The smallest absolute Gasteiger partial charge is 0.251 e. The van der Waals surface area contributed by atoms with Gasteiger partial charge >= 0.3 is 0 Å². The highest BCUT2D eigenvalue weighted by molar-refractivity contribution is 5.94. The average molecular weight is 234 g/mol.